The number of carbonyl (C=O) groups is 1. The van der Waals surface area contributed by atoms with E-state index in [1.54, 1.807) is 12.4 Å². The van der Waals surface area contributed by atoms with Crippen molar-refractivity contribution in [3.63, 3.8) is 0 Å². The number of hydrogen-bond acceptors (Lipinski definition) is 4. The van der Waals surface area contributed by atoms with Crippen LogP contribution in [0.3, 0.4) is 0 Å². The highest BCUT2D eigenvalue weighted by Gasteiger charge is 2.37. The molecule has 0 radical (unpaired) electrons. The van der Waals surface area contributed by atoms with E-state index in [1.165, 1.54) is 0 Å². The van der Waals surface area contributed by atoms with E-state index in [0.717, 1.165) is 54.7 Å². The van der Waals surface area contributed by atoms with Crippen LogP contribution in [0.4, 0.5) is 0 Å². The number of esters is 1. The third kappa shape index (κ3) is 3.10. The minimum absolute atomic E-state index is 0.0290. The van der Waals surface area contributed by atoms with Crippen LogP contribution < -0.4 is 0 Å². The quantitative estimate of drug-likeness (QED) is 0.786. The van der Waals surface area contributed by atoms with Crippen LogP contribution in [0, 0.1) is 5.92 Å². The molecular weight excluding hydrogens is 336 g/mol. The topological polar surface area (TPSA) is 42.4 Å². The minimum atomic E-state index is -0.195. The van der Waals surface area contributed by atoms with Crippen LogP contribution >= 0.6 is 0 Å². The molecule has 1 aliphatic carbocycles. The average Bonchev–Trinajstić information content (AvgIpc) is 3.08. The van der Waals surface area contributed by atoms with Crippen molar-refractivity contribution in [3.8, 4) is 0 Å². The number of ether oxygens (including phenoxy) is 1. The normalized spacial score (nSPS) is 27.3. The molecule has 4 heteroatoms. The monoisotopic (exact) mass is 358 g/mol. The fourth-order valence-corrected chi connectivity index (χ4v) is 4.45. The van der Waals surface area contributed by atoms with E-state index in [9.17, 15) is 4.79 Å². The van der Waals surface area contributed by atoms with E-state index in [0.29, 0.717) is 11.5 Å². The standard InChI is InChI=1S/C23H22N2O2/c26-23(27-22-15-25-11-7-17(22)8-12-25)21-14-18(13-16-5-9-24-10-6-16)19-3-1-2-4-20(19)21/h1-6,9-10,13-14,17,22H,7-8,11-12,15H2/b18-13-/t22-/m0/s1. The maximum atomic E-state index is 13.0. The van der Waals surface area contributed by atoms with E-state index in [-0.39, 0.29) is 12.1 Å². The molecule has 2 aromatic rings. The average molecular weight is 358 g/mol. The van der Waals surface area contributed by atoms with Gasteiger partial charge in [-0.1, -0.05) is 24.3 Å². The Morgan fingerprint density at radius 3 is 2.52 bits per heavy atom. The fraction of sp³-hybridized carbons (Fsp3) is 0.304. The number of piperidine rings is 3. The Hall–Kier alpha value is -2.72. The third-order valence-electron chi connectivity index (χ3n) is 5.93. The van der Waals surface area contributed by atoms with Crippen molar-refractivity contribution in [2.75, 3.05) is 19.6 Å². The first-order valence-corrected chi connectivity index (χ1v) is 9.64. The van der Waals surface area contributed by atoms with E-state index in [2.05, 4.69) is 22.0 Å². The zero-order chi connectivity index (χ0) is 18.2. The summed E-state index contributed by atoms with van der Waals surface area (Å²) in [5.41, 5.74) is 4.82. The van der Waals surface area contributed by atoms with Crippen molar-refractivity contribution < 1.29 is 9.53 Å². The van der Waals surface area contributed by atoms with Crippen LogP contribution in [0.1, 0.15) is 29.5 Å². The van der Waals surface area contributed by atoms with Gasteiger partial charge < -0.3 is 4.74 Å². The van der Waals surface area contributed by atoms with E-state index in [4.69, 9.17) is 4.74 Å². The molecule has 0 saturated carbocycles. The summed E-state index contributed by atoms with van der Waals surface area (Å²) in [4.78, 5) is 19.5. The third-order valence-corrected chi connectivity index (χ3v) is 5.93. The van der Waals surface area contributed by atoms with Gasteiger partial charge in [0.15, 0.2) is 0 Å². The van der Waals surface area contributed by atoms with Gasteiger partial charge in [0.1, 0.15) is 6.10 Å². The molecule has 2 bridgehead atoms. The van der Waals surface area contributed by atoms with Crippen molar-refractivity contribution in [3.05, 3.63) is 71.6 Å². The van der Waals surface area contributed by atoms with Crippen LogP contribution in [0.5, 0.6) is 0 Å². The lowest BCUT2D eigenvalue weighted by molar-refractivity contribution is -0.151. The van der Waals surface area contributed by atoms with Crippen LogP contribution in [0.25, 0.3) is 17.2 Å². The van der Waals surface area contributed by atoms with Crippen LogP contribution in [0.2, 0.25) is 0 Å². The van der Waals surface area contributed by atoms with Gasteiger partial charge in [-0.2, -0.15) is 0 Å². The van der Waals surface area contributed by atoms with Crippen LogP contribution in [-0.2, 0) is 9.53 Å². The van der Waals surface area contributed by atoms with E-state index < -0.39 is 0 Å². The molecule has 6 rings (SSSR count). The summed E-state index contributed by atoms with van der Waals surface area (Å²) in [5.74, 6) is 0.322. The molecular formula is C23H22N2O2. The summed E-state index contributed by atoms with van der Waals surface area (Å²) >= 11 is 0. The molecule has 1 atom stereocenters. The zero-order valence-electron chi connectivity index (χ0n) is 15.2. The summed E-state index contributed by atoms with van der Waals surface area (Å²) in [7, 11) is 0. The number of fused-ring (bicyclic) bond motifs is 4. The van der Waals surface area contributed by atoms with E-state index >= 15 is 0 Å². The Morgan fingerprint density at radius 1 is 1.07 bits per heavy atom. The van der Waals surface area contributed by atoms with E-state index in [1.807, 2.05) is 36.4 Å². The van der Waals surface area contributed by atoms with Crippen molar-refractivity contribution in [2.24, 2.45) is 5.92 Å². The number of aromatic nitrogens is 1. The lowest BCUT2D eigenvalue weighted by Gasteiger charge is -2.43. The number of hydrogen-bond donors (Lipinski definition) is 0. The summed E-state index contributed by atoms with van der Waals surface area (Å²) in [6.45, 7) is 3.16. The SMILES string of the molecule is O=C(O[C@H]1CN2CCC1CC2)C1=C/C(=C/c2ccncc2)c2ccccc21. The van der Waals surface area contributed by atoms with Crippen molar-refractivity contribution >= 4 is 23.2 Å². The van der Waals surface area contributed by atoms with Gasteiger partial charge in [0.2, 0.25) is 0 Å². The predicted octanol–water partition coefficient (Wildman–Crippen LogP) is 3.66. The second-order valence-electron chi connectivity index (χ2n) is 7.57. The summed E-state index contributed by atoms with van der Waals surface area (Å²) < 4.78 is 5.98. The largest absolute Gasteiger partial charge is 0.457 e. The number of nitrogens with zero attached hydrogens (tertiary/aromatic N) is 2. The molecule has 0 N–H and O–H groups in total. The van der Waals surface area contributed by atoms with Gasteiger partial charge in [0, 0.05) is 18.9 Å². The highest BCUT2D eigenvalue weighted by molar-refractivity contribution is 6.24. The summed E-state index contributed by atoms with van der Waals surface area (Å²) in [5, 5.41) is 0. The number of allylic oxidation sites excluding steroid dienone is 2. The fourth-order valence-electron chi connectivity index (χ4n) is 4.45. The Bertz CT molecular complexity index is 924. The van der Waals surface area contributed by atoms with Crippen LogP contribution in [0.15, 0.2) is 54.9 Å². The minimum Gasteiger partial charge on any atom is -0.457 e. The Balaban J connectivity index is 1.44. The molecule has 136 valence electrons. The summed E-state index contributed by atoms with van der Waals surface area (Å²) in [6, 6.07) is 12.0. The second kappa shape index (κ2) is 6.78. The number of rotatable bonds is 3. The number of pyridine rings is 1. The van der Waals surface area contributed by atoms with Crippen LogP contribution in [-0.4, -0.2) is 41.6 Å². The van der Waals surface area contributed by atoms with Gasteiger partial charge in [-0.25, -0.2) is 4.79 Å². The molecule has 1 aromatic carbocycles. The van der Waals surface area contributed by atoms with Crippen molar-refractivity contribution in [1.29, 1.82) is 0 Å². The molecule has 3 aliphatic heterocycles. The van der Waals surface area contributed by atoms with Gasteiger partial charge in [-0.15, -0.1) is 0 Å². The molecule has 0 spiro atoms. The van der Waals surface area contributed by atoms with Gasteiger partial charge in [0.25, 0.3) is 0 Å². The number of benzene rings is 1. The lowest BCUT2D eigenvalue weighted by atomic mass is 9.86. The number of carbonyl (C=O) groups excluding carboxylic acids is 1. The Morgan fingerprint density at radius 2 is 1.81 bits per heavy atom. The zero-order valence-corrected chi connectivity index (χ0v) is 15.2. The Kier molecular flexibility index (Phi) is 4.13. The Labute approximate surface area is 159 Å². The maximum absolute atomic E-state index is 13.0. The molecule has 0 amide bonds. The smallest absolute Gasteiger partial charge is 0.339 e. The maximum Gasteiger partial charge on any atom is 0.339 e. The lowest BCUT2D eigenvalue weighted by Crippen LogP contribution is -2.51. The molecule has 4 nitrogen and oxygen atoms in total. The molecule has 3 fully saturated rings. The van der Waals surface area contributed by atoms with Gasteiger partial charge in [-0.3, -0.25) is 9.88 Å². The first kappa shape index (κ1) is 16.5. The molecule has 4 aliphatic rings. The highest BCUT2D eigenvalue weighted by Crippen LogP contribution is 2.38. The van der Waals surface area contributed by atoms with Gasteiger partial charge in [-0.05, 0) is 78.4 Å². The molecule has 1 aromatic heterocycles. The first-order chi connectivity index (χ1) is 13.3. The van der Waals surface area contributed by atoms with Gasteiger partial charge >= 0.3 is 5.97 Å². The van der Waals surface area contributed by atoms with Crippen molar-refractivity contribution in [1.82, 2.24) is 9.88 Å². The van der Waals surface area contributed by atoms with Crippen molar-refractivity contribution in [2.45, 2.75) is 18.9 Å². The summed E-state index contributed by atoms with van der Waals surface area (Å²) in [6.07, 6.45) is 9.92. The second-order valence-corrected chi connectivity index (χ2v) is 7.57. The molecule has 27 heavy (non-hydrogen) atoms. The first-order valence-electron chi connectivity index (χ1n) is 9.64. The highest BCUT2D eigenvalue weighted by atomic mass is 16.5. The molecule has 3 saturated heterocycles. The molecule has 0 unspecified atom stereocenters. The predicted molar refractivity (Wildman–Crippen MR) is 106 cm³/mol. The van der Waals surface area contributed by atoms with Gasteiger partial charge in [0.05, 0.1) is 5.57 Å². The molecule has 4 heterocycles.